The number of nitrogen functional groups attached to an aromatic ring is 1. The number of nitrogens with one attached hydrogen (secondary N) is 2. The molecule has 0 unspecified atom stereocenters. The number of carbonyl (C=O) groups is 1. The SMILES string of the molecule is Cl.Nc1c(C(=O)NCC2CNC2)cc(F)cc1[N+](=O)[O-]. The first kappa shape index (κ1) is 16.1. The summed E-state index contributed by atoms with van der Waals surface area (Å²) in [5, 5.41) is 16.3. The quantitative estimate of drug-likeness (QED) is 0.430. The van der Waals surface area contributed by atoms with Gasteiger partial charge in [-0.15, -0.1) is 12.4 Å². The number of amides is 1. The number of carbonyl (C=O) groups excluding carboxylic acids is 1. The van der Waals surface area contributed by atoms with Gasteiger partial charge < -0.3 is 16.4 Å². The Morgan fingerprint density at radius 1 is 1.55 bits per heavy atom. The molecule has 1 aromatic carbocycles. The fourth-order valence-electron chi connectivity index (χ4n) is 1.77. The molecule has 0 aliphatic carbocycles. The number of hydrogen-bond donors (Lipinski definition) is 3. The van der Waals surface area contributed by atoms with E-state index in [0.29, 0.717) is 18.5 Å². The molecule has 1 aromatic rings. The van der Waals surface area contributed by atoms with Crippen molar-refractivity contribution in [1.29, 1.82) is 0 Å². The zero-order valence-corrected chi connectivity index (χ0v) is 11.2. The van der Waals surface area contributed by atoms with Gasteiger partial charge in [0.1, 0.15) is 11.5 Å². The lowest BCUT2D eigenvalue weighted by Crippen LogP contribution is -2.48. The lowest BCUT2D eigenvalue weighted by molar-refractivity contribution is -0.384. The summed E-state index contributed by atoms with van der Waals surface area (Å²) in [6.45, 7) is 2.04. The van der Waals surface area contributed by atoms with Crippen molar-refractivity contribution in [2.75, 3.05) is 25.4 Å². The fraction of sp³-hybridized carbons (Fsp3) is 0.364. The van der Waals surface area contributed by atoms with Crippen LogP contribution >= 0.6 is 12.4 Å². The van der Waals surface area contributed by atoms with E-state index >= 15 is 0 Å². The maximum Gasteiger partial charge on any atom is 0.295 e. The molecule has 7 nitrogen and oxygen atoms in total. The van der Waals surface area contributed by atoms with Gasteiger partial charge in [-0.1, -0.05) is 0 Å². The van der Waals surface area contributed by atoms with Crippen LogP contribution in [0.25, 0.3) is 0 Å². The summed E-state index contributed by atoms with van der Waals surface area (Å²) in [5.41, 5.74) is 4.39. The summed E-state index contributed by atoms with van der Waals surface area (Å²) in [5.74, 6) is -1.14. The van der Waals surface area contributed by atoms with Gasteiger partial charge in [0.25, 0.3) is 11.6 Å². The molecule has 1 fully saturated rings. The van der Waals surface area contributed by atoms with Gasteiger partial charge in [-0.05, 0) is 6.07 Å². The standard InChI is InChI=1S/C11H13FN4O3.ClH/c12-7-1-8(10(13)9(2-7)16(18)19)11(17)15-5-6-3-14-4-6;/h1-2,6,14H,3-5,13H2,(H,15,17);1H. The number of anilines is 1. The molecular weight excluding hydrogens is 291 g/mol. The smallest absolute Gasteiger partial charge is 0.295 e. The van der Waals surface area contributed by atoms with Crippen LogP contribution in [-0.2, 0) is 0 Å². The highest BCUT2D eigenvalue weighted by atomic mass is 35.5. The van der Waals surface area contributed by atoms with Crippen molar-refractivity contribution >= 4 is 29.7 Å². The Kier molecular flexibility index (Phi) is 5.23. The molecule has 20 heavy (non-hydrogen) atoms. The summed E-state index contributed by atoms with van der Waals surface area (Å²) in [4.78, 5) is 21.7. The molecule has 1 saturated heterocycles. The van der Waals surface area contributed by atoms with Gasteiger partial charge in [-0.25, -0.2) is 4.39 Å². The number of nitro benzene ring substituents is 1. The second-order valence-electron chi connectivity index (χ2n) is 4.38. The molecule has 0 saturated carbocycles. The predicted octanol–water partition coefficient (Wildman–Crippen LogP) is 0.687. The van der Waals surface area contributed by atoms with Crippen LogP contribution in [0, 0.1) is 21.8 Å². The topological polar surface area (TPSA) is 110 Å². The van der Waals surface area contributed by atoms with Crippen molar-refractivity contribution in [2.24, 2.45) is 5.92 Å². The Balaban J connectivity index is 0.00000200. The summed E-state index contributed by atoms with van der Waals surface area (Å²) in [7, 11) is 0. The first-order valence-corrected chi connectivity index (χ1v) is 5.71. The third kappa shape index (κ3) is 3.34. The molecule has 9 heteroatoms. The van der Waals surface area contributed by atoms with Gasteiger partial charge in [0, 0.05) is 25.6 Å². The molecule has 0 atom stereocenters. The normalized spacial score (nSPS) is 14.1. The summed E-state index contributed by atoms with van der Waals surface area (Å²) in [6, 6.07) is 1.60. The largest absolute Gasteiger partial charge is 0.393 e. The first-order valence-electron chi connectivity index (χ1n) is 5.71. The van der Waals surface area contributed by atoms with E-state index in [-0.39, 0.29) is 23.7 Å². The number of halogens is 2. The Morgan fingerprint density at radius 3 is 2.70 bits per heavy atom. The molecule has 1 amide bonds. The highest BCUT2D eigenvalue weighted by Crippen LogP contribution is 2.26. The Bertz CT molecular complexity index is 537. The third-order valence-electron chi connectivity index (χ3n) is 2.98. The van der Waals surface area contributed by atoms with Gasteiger partial charge in [0.05, 0.1) is 16.6 Å². The lowest BCUT2D eigenvalue weighted by atomic mass is 10.0. The van der Waals surface area contributed by atoms with Crippen molar-refractivity contribution in [3.8, 4) is 0 Å². The van der Waals surface area contributed by atoms with Crippen molar-refractivity contribution in [2.45, 2.75) is 0 Å². The molecule has 0 bridgehead atoms. The minimum Gasteiger partial charge on any atom is -0.393 e. The van der Waals surface area contributed by atoms with Crippen LogP contribution in [0.3, 0.4) is 0 Å². The number of nitro groups is 1. The first-order chi connectivity index (χ1) is 8.99. The van der Waals surface area contributed by atoms with Crippen LogP contribution in [0.4, 0.5) is 15.8 Å². The molecule has 0 spiro atoms. The average Bonchev–Trinajstić information content (AvgIpc) is 2.29. The lowest BCUT2D eigenvalue weighted by Gasteiger charge is -2.27. The maximum absolute atomic E-state index is 13.3. The number of rotatable bonds is 4. The Morgan fingerprint density at radius 2 is 2.20 bits per heavy atom. The van der Waals surface area contributed by atoms with Crippen molar-refractivity contribution < 1.29 is 14.1 Å². The Hall–Kier alpha value is -1.93. The van der Waals surface area contributed by atoms with E-state index in [1.54, 1.807) is 0 Å². The number of nitrogens with zero attached hydrogens (tertiary/aromatic N) is 1. The summed E-state index contributed by atoms with van der Waals surface area (Å²) >= 11 is 0. The van der Waals surface area contributed by atoms with Crippen LogP contribution < -0.4 is 16.4 Å². The van der Waals surface area contributed by atoms with E-state index in [4.69, 9.17) is 5.73 Å². The molecule has 1 aliphatic heterocycles. The van der Waals surface area contributed by atoms with Gasteiger partial charge in [-0.3, -0.25) is 14.9 Å². The average molecular weight is 305 g/mol. The second kappa shape index (κ2) is 6.49. The molecule has 2 rings (SSSR count). The molecular formula is C11H14ClFN4O3. The molecule has 0 radical (unpaired) electrons. The second-order valence-corrected chi connectivity index (χ2v) is 4.38. The summed E-state index contributed by atoms with van der Waals surface area (Å²) < 4.78 is 13.3. The van der Waals surface area contributed by atoms with E-state index in [1.165, 1.54) is 0 Å². The minimum atomic E-state index is -0.864. The van der Waals surface area contributed by atoms with E-state index in [9.17, 15) is 19.3 Å². The van der Waals surface area contributed by atoms with E-state index in [0.717, 1.165) is 19.2 Å². The van der Waals surface area contributed by atoms with E-state index in [1.807, 2.05) is 0 Å². The molecule has 110 valence electrons. The molecule has 1 heterocycles. The van der Waals surface area contributed by atoms with Crippen molar-refractivity contribution in [3.63, 3.8) is 0 Å². The molecule has 4 N–H and O–H groups in total. The van der Waals surface area contributed by atoms with E-state index < -0.39 is 22.3 Å². The third-order valence-corrected chi connectivity index (χ3v) is 2.98. The van der Waals surface area contributed by atoms with Gasteiger partial charge in [0.15, 0.2) is 0 Å². The predicted molar refractivity (Wildman–Crippen MR) is 73.4 cm³/mol. The zero-order chi connectivity index (χ0) is 14.0. The van der Waals surface area contributed by atoms with Crippen LogP contribution in [0.5, 0.6) is 0 Å². The van der Waals surface area contributed by atoms with Crippen LogP contribution in [-0.4, -0.2) is 30.5 Å². The van der Waals surface area contributed by atoms with Crippen LogP contribution in [0.15, 0.2) is 12.1 Å². The monoisotopic (exact) mass is 304 g/mol. The maximum atomic E-state index is 13.3. The van der Waals surface area contributed by atoms with E-state index in [2.05, 4.69) is 10.6 Å². The van der Waals surface area contributed by atoms with Crippen molar-refractivity contribution in [3.05, 3.63) is 33.6 Å². The van der Waals surface area contributed by atoms with Gasteiger partial charge >= 0.3 is 0 Å². The number of hydrogen-bond acceptors (Lipinski definition) is 5. The zero-order valence-electron chi connectivity index (χ0n) is 10.4. The highest BCUT2D eigenvalue weighted by Gasteiger charge is 2.23. The highest BCUT2D eigenvalue weighted by molar-refractivity contribution is 6.01. The van der Waals surface area contributed by atoms with Crippen molar-refractivity contribution in [1.82, 2.24) is 10.6 Å². The minimum absolute atomic E-state index is 0. The van der Waals surface area contributed by atoms with Crippen LogP contribution in [0.2, 0.25) is 0 Å². The molecule has 0 aromatic heterocycles. The number of benzene rings is 1. The fourth-order valence-corrected chi connectivity index (χ4v) is 1.77. The number of nitrogens with two attached hydrogens (primary N) is 1. The Labute approximate surface area is 120 Å². The van der Waals surface area contributed by atoms with Gasteiger partial charge in [0.2, 0.25) is 0 Å². The summed E-state index contributed by atoms with van der Waals surface area (Å²) in [6.07, 6.45) is 0. The van der Waals surface area contributed by atoms with Gasteiger partial charge in [-0.2, -0.15) is 0 Å². The van der Waals surface area contributed by atoms with Crippen LogP contribution in [0.1, 0.15) is 10.4 Å². The molecule has 1 aliphatic rings.